The number of rotatable bonds is 5. The molecule has 0 heterocycles. The number of ether oxygens (including phenoxy) is 1. The lowest BCUT2D eigenvalue weighted by atomic mass is 10.1. The summed E-state index contributed by atoms with van der Waals surface area (Å²) in [6.07, 6.45) is 1.96. The van der Waals surface area contributed by atoms with Crippen molar-refractivity contribution in [2.24, 2.45) is 0 Å². The zero-order valence-corrected chi connectivity index (χ0v) is 12.3. The van der Waals surface area contributed by atoms with Crippen molar-refractivity contribution in [3.63, 3.8) is 0 Å². The molecule has 0 radical (unpaired) electrons. The first-order valence-electron chi connectivity index (χ1n) is 6.12. The molecule has 2 aromatic carbocycles. The van der Waals surface area contributed by atoms with Crippen LogP contribution < -0.4 is 4.74 Å². The van der Waals surface area contributed by atoms with Crippen LogP contribution in [0, 0.1) is 10.1 Å². The number of nitrogens with zero attached hydrogens (tertiary/aromatic N) is 1. The SMILES string of the molecule is CSc1ccc(Oc2ccc(C(C)=O)cc2[N+](=O)[O-])cc1. The van der Waals surface area contributed by atoms with Crippen molar-refractivity contribution >= 4 is 23.2 Å². The summed E-state index contributed by atoms with van der Waals surface area (Å²) >= 11 is 1.60. The molecule has 108 valence electrons. The molecule has 0 aliphatic rings. The van der Waals surface area contributed by atoms with Crippen LogP contribution in [0.1, 0.15) is 17.3 Å². The van der Waals surface area contributed by atoms with Crippen molar-refractivity contribution in [1.82, 2.24) is 0 Å². The molecule has 0 saturated heterocycles. The summed E-state index contributed by atoms with van der Waals surface area (Å²) in [7, 11) is 0. The average Bonchev–Trinajstić information content (AvgIpc) is 2.48. The van der Waals surface area contributed by atoms with Gasteiger partial charge in [-0.1, -0.05) is 0 Å². The average molecular weight is 303 g/mol. The number of carbonyl (C=O) groups is 1. The Balaban J connectivity index is 2.34. The molecule has 0 atom stereocenters. The fourth-order valence-corrected chi connectivity index (χ4v) is 2.14. The van der Waals surface area contributed by atoms with Gasteiger partial charge in [-0.2, -0.15) is 0 Å². The summed E-state index contributed by atoms with van der Waals surface area (Å²) in [5.74, 6) is 0.391. The number of Topliss-reactive ketones (excluding diaryl/α,β-unsaturated/α-hetero) is 1. The summed E-state index contributed by atoms with van der Waals surface area (Å²) in [6.45, 7) is 1.36. The fraction of sp³-hybridized carbons (Fsp3) is 0.133. The molecule has 0 aliphatic heterocycles. The van der Waals surface area contributed by atoms with Crippen LogP contribution in [0.3, 0.4) is 0 Å². The Morgan fingerprint density at radius 3 is 2.38 bits per heavy atom. The van der Waals surface area contributed by atoms with Gasteiger partial charge in [0, 0.05) is 16.5 Å². The molecular formula is C15H13NO4S. The highest BCUT2D eigenvalue weighted by molar-refractivity contribution is 7.98. The van der Waals surface area contributed by atoms with Gasteiger partial charge in [0.15, 0.2) is 5.78 Å². The van der Waals surface area contributed by atoms with Crippen LogP contribution in [0.25, 0.3) is 0 Å². The lowest BCUT2D eigenvalue weighted by molar-refractivity contribution is -0.385. The standard InChI is InChI=1S/C15H13NO4S/c1-10(17)11-3-8-15(14(9-11)16(18)19)20-12-4-6-13(21-2)7-5-12/h3-9H,1-2H3. The Labute approximate surface area is 126 Å². The normalized spacial score (nSPS) is 10.2. The van der Waals surface area contributed by atoms with E-state index in [1.165, 1.54) is 25.1 Å². The third kappa shape index (κ3) is 3.61. The molecule has 21 heavy (non-hydrogen) atoms. The van der Waals surface area contributed by atoms with Gasteiger partial charge in [0.25, 0.3) is 0 Å². The number of hydrogen-bond donors (Lipinski definition) is 0. The molecule has 5 nitrogen and oxygen atoms in total. The van der Waals surface area contributed by atoms with E-state index in [1.807, 2.05) is 18.4 Å². The van der Waals surface area contributed by atoms with E-state index in [2.05, 4.69) is 0 Å². The lowest BCUT2D eigenvalue weighted by Crippen LogP contribution is -1.98. The largest absolute Gasteiger partial charge is 0.450 e. The molecule has 0 amide bonds. The molecule has 6 heteroatoms. The number of nitro groups is 1. The van der Waals surface area contributed by atoms with Crippen LogP contribution in [-0.4, -0.2) is 17.0 Å². The summed E-state index contributed by atoms with van der Waals surface area (Å²) in [5.41, 5.74) is 0.0587. The summed E-state index contributed by atoms with van der Waals surface area (Å²) in [6, 6.07) is 11.4. The van der Waals surface area contributed by atoms with E-state index < -0.39 is 4.92 Å². The monoisotopic (exact) mass is 303 g/mol. The highest BCUT2D eigenvalue weighted by atomic mass is 32.2. The minimum atomic E-state index is -0.558. The van der Waals surface area contributed by atoms with E-state index in [9.17, 15) is 14.9 Å². The van der Waals surface area contributed by atoms with Crippen LogP contribution in [0.15, 0.2) is 47.4 Å². The first-order valence-corrected chi connectivity index (χ1v) is 7.35. The molecule has 0 N–H and O–H groups in total. The zero-order chi connectivity index (χ0) is 15.4. The number of thioether (sulfide) groups is 1. The van der Waals surface area contributed by atoms with E-state index in [-0.39, 0.29) is 22.8 Å². The summed E-state index contributed by atoms with van der Waals surface area (Å²) in [4.78, 5) is 22.9. The Morgan fingerprint density at radius 1 is 1.19 bits per heavy atom. The molecule has 2 rings (SSSR count). The Kier molecular flexibility index (Phi) is 4.59. The number of carbonyl (C=O) groups excluding carboxylic acids is 1. The van der Waals surface area contributed by atoms with Gasteiger partial charge in [-0.05, 0) is 49.6 Å². The molecule has 0 unspecified atom stereocenters. The second-order valence-electron chi connectivity index (χ2n) is 4.27. The first-order chi connectivity index (χ1) is 10.0. The van der Waals surface area contributed by atoms with Crippen molar-refractivity contribution in [2.75, 3.05) is 6.26 Å². The predicted octanol–water partition coefficient (Wildman–Crippen LogP) is 4.31. The van der Waals surface area contributed by atoms with Gasteiger partial charge in [0.1, 0.15) is 5.75 Å². The topological polar surface area (TPSA) is 69.4 Å². The minimum absolute atomic E-state index is 0.113. The van der Waals surface area contributed by atoms with Gasteiger partial charge in [-0.3, -0.25) is 14.9 Å². The van der Waals surface area contributed by atoms with Crippen molar-refractivity contribution < 1.29 is 14.5 Å². The Bertz CT molecular complexity index is 683. The maximum absolute atomic E-state index is 11.3. The van der Waals surface area contributed by atoms with E-state index >= 15 is 0 Å². The molecule has 0 fully saturated rings. The highest BCUT2D eigenvalue weighted by Crippen LogP contribution is 2.32. The maximum Gasteiger partial charge on any atom is 0.312 e. The maximum atomic E-state index is 11.3. The van der Waals surface area contributed by atoms with Gasteiger partial charge in [-0.25, -0.2) is 0 Å². The van der Waals surface area contributed by atoms with Crippen molar-refractivity contribution in [1.29, 1.82) is 0 Å². The van der Waals surface area contributed by atoms with Crippen molar-refractivity contribution in [3.05, 3.63) is 58.1 Å². The van der Waals surface area contributed by atoms with Crippen LogP contribution >= 0.6 is 11.8 Å². The molecule has 0 bridgehead atoms. The van der Waals surface area contributed by atoms with Crippen LogP contribution in [0.4, 0.5) is 5.69 Å². The lowest BCUT2D eigenvalue weighted by Gasteiger charge is -2.07. The fourth-order valence-electron chi connectivity index (χ4n) is 1.74. The molecule has 0 spiro atoms. The van der Waals surface area contributed by atoms with Gasteiger partial charge < -0.3 is 4.74 Å². The minimum Gasteiger partial charge on any atom is -0.450 e. The van der Waals surface area contributed by atoms with Crippen LogP contribution in [0.2, 0.25) is 0 Å². The van der Waals surface area contributed by atoms with Gasteiger partial charge in [0.2, 0.25) is 5.75 Å². The van der Waals surface area contributed by atoms with Gasteiger partial charge in [0.05, 0.1) is 4.92 Å². The van der Waals surface area contributed by atoms with Gasteiger partial charge >= 0.3 is 5.69 Å². The predicted molar refractivity (Wildman–Crippen MR) is 81.4 cm³/mol. The van der Waals surface area contributed by atoms with Crippen LogP contribution in [0.5, 0.6) is 11.5 Å². The number of hydrogen-bond acceptors (Lipinski definition) is 5. The second-order valence-corrected chi connectivity index (χ2v) is 5.15. The quantitative estimate of drug-likeness (QED) is 0.356. The third-order valence-corrected chi connectivity index (χ3v) is 3.59. The molecule has 0 aliphatic carbocycles. The van der Waals surface area contributed by atoms with E-state index in [4.69, 9.17) is 4.74 Å². The number of ketones is 1. The molecular weight excluding hydrogens is 290 g/mol. The number of nitro benzene ring substituents is 1. The van der Waals surface area contributed by atoms with Crippen LogP contribution in [-0.2, 0) is 0 Å². The molecule has 2 aromatic rings. The van der Waals surface area contributed by atoms with E-state index in [0.29, 0.717) is 5.75 Å². The molecule has 0 saturated carbocycles. The Hall–Kier alpha value is -2.34. The zero-order valence-electron chi connectivity index (χ0n) is 11.5. The van der Waals surface area contributed by atoms with Gasteiger partial charge in [-0.15, -0.1) is 11.8 Å². The smallest absolute Gasteiger partial charge is 0.312 e. The van der Waals surface area contributed by atoms with E-state index in [0.717, 1.165) is 4.90 Å². The third-order valence-electron chi connectivity index (χ3n) is 2.85. The summed E-state index contributed by atoms with van der Waals surface area (Å²) in [5, 5.41) is 11.1. The van der Waals surface area contributed by atoms with Crippen molar-refractivity contribution in [2.45, 2.75) is 11.8 Å². The molecule has 0 aromatic heterocycles. The second kappa shape index (κ2) is 6.41. The Morgan fingerprint density at radius 2 is 1.86 bits per heavy atom. The summed E-state index contributed by atoms with van der Waals surface area (Å²) < 4.78 is 5.54. The van der Waals surface area contributed by atoms with E-state index in [1.54, 1.807) is 23.9 Å². The first kappa shape index (κ1) is 15.1. The highest BCUT2D eigenvalue weighted by Gasteiger charge is 2.18. The number of benzene rings is 2. The van der Waals surface area contributed by atoms with Crippen molar-refractivity contribution in [3.8, 4) is 11.5 Å².